The maximum absolute atomic E-state index is 8.90. The van der Waals surface area contributed by atoms with E-state index >= 15 is 0 Å². The molecule has 0 bridgehead atoms. The van der Waals surface area contributed by atoms with Crippen LogP contribution in [0, 0.1) is 0 Å². The van der Waals surface area contributed by atoms with Crippen LogP contribution in [-0.4, -0.2) is 68.9 Å². The molecule has 4 rings (SSSR count). The Labute approximate surface area is 156 Å². The lowest BCUT2D eigenvalue weighted by Crippen LogP contribution is -2.27. The molecule has 9 nitrogen and oxygen atoms in total. The van der Waals surface area contributed by atoms with E-state index in [-0.39, 0.29) is 19.3 Å². The van der Waals surface area contributed by atoms with Crippen molar-refractivity contribution < 1.29 is 9.84 Å². The SMILES string of the molecule is CN1CC(Nc2ncc3cnn(Cc4cccc(OCCO)c4)c3n2)C=N1. The molecule has 1 atom stereocenters. The van der Waals surface area contributed by atoms with Crippen LogP contribution in [0.5, 0.6) is 5.75 Å². The number of ether oxygens (including phenoxy) is 1. The van der Waals surface area contributed by atoms with Crippen molar-refractivity contribution in [1.29, 1.82) is 0 Å². The fraction of sp³-hybridized carbons (Fsp3) is 0.333. The molecule has 3 aromatic rings. The van der Waals surface area contributed by atoms with E-state index in [4.69, 9.17) is 9.84 Å². The first-order chi connectivity index (χ1) is 13.2. The lowest BCUT2D eigenvalue weighted by atomic mass is 10.2. The molecule has 0 aliphatic carbocycles. The number of aliphatic hydroxyl groups is 1. The number of likely N-dealkylation sites (N-methyl/N-ethyl adjacent to an activating group) is 1. The van der Waals surface area contributed by atoms with Crippen molar-refractivity contribution in [1.82, 2.24) is 24.8 Å². The van der Waals surface area contributed by atoms with Gasteiger partial charge in [-0.3, -0.25) is 5.01 Å². The summed E-state index contributed by atoms with van der Waals surface area (Å²) in [7, 11) is 1.93. The number of aliphatic hydroxyl groups excluding tert-OH is 1. The molecule has 3 heterocycles. The van der Waals surface area contributed by atoms with Crippen molar-refractivity contribution in [3.05, 3.63) is 42.2 Å². The summed E-state index contributed by atoms with van der Waals surface area (Å²) in [6.07, 6.45) is 5.38. The molecule has 1 aromatic carbocycles. The third-order valence-electron chi connectivity index (χ3n) is 4.19. The summed E-state index contributed by atoms with van der Waals surface area (Å²) in [5, 5.41) is 23.6. The van der Waals surface area contributed by atoms with E-state index in [0.29, 0.717) is 12.5 Å². The van der Waals surface area contributed by atoms with Gasteiger partial charge in [0, 0.05) is 19.5 Å². The summed E-state index contributed by atoms with van der Waals surface area (Å²) in [5.74, 6) is 1.27. The van der Waals surface area contributed by atoms with Crippen LogP contribution in [0.1, 0.15) is 5.56 Å². The van der Waals surface area contributed by atoms with Gasteiger partial charge in [-0.25, -0.2) is 9.67 Å². The second kappa shape index (κ2) is 7.58. The lowest BCUT2D eigenvalue weighted by Gasteiger charge is -2.12. The number of hydrogen-bond donors (Lipinski definition) is 2. The first-order valence-electron chi connectivity index (χ1n) is 8.74. The topological polar surface area (TPSA) is 101 Å². The van der Waals surface area contributed by atoms with Crippen molar-refractivity contribution in [2.24, 2.45) is 5.10 Å². The quantitative estimate of drug-likeness (QED) is 0.641. The molecule has 2 aromatic heterocycles. The number of hydrogen-bond acceptors (Lipinski definition) is 8. The van der Waals surface area contributed by atoms with Crippen LogP contribution in [0.25, 0.3) is 11.0 Å². The molecule has 0 radical (unpaired) electrons. The highest BCUT2D eigenvalue weighted by Gasteiger charge is 2.16. The predicted molar refractivity (Wildman–Crippen MR) is 102 cm³/mol. The van der Waals surface area contributed by atoms with Crippen molar-refractivity contribution in [2.45, 2.75) is 12.6 Å². The smallest absolute Gasteiger partial charge is 0.225 e. The van der Waals surface area contributed by atoms with Gasteiger partial charge in [0.1, 0.15) is 12.4 Å². The van der Waals surface area contributed by atoms with Crippen LogP contribution < -0.4 is 10.1 Å². The third kappa shape index (κ3) is 3.98. The van der Waals surface area contributed by atoms with Crippen molar-refractivity contribution >= 4 is 23.2 Å². The van der Waals surface area contributed by atoms with Gasteiger partial charge in [0.25, 0.3) is 0 Å². The van der Waals surface area contributed by atoms with Crippen LogP contribution in [0.4, 0.5) is 5.95 Å². The number of anilines is 1. The molecule has 0 saturated carbocycles. The van der Waals surface area contributed by atoms with E-state index < -0.39 is 0 Å². The molecular formula is C18H21N7O2. The van der Waals surface area contributed by atoms with Gasteiger partial charge >= 0.3 is 0 Å². The monoisotopic (exact) mass is 367 g/mol. The highest BCUT2D eigenvalue weighted by atomic mass is 16.5. The molecule has 2 N–H and O–H groups in total. The van der Waals surface area contributed by atoms with Gasteiger partial charge in [-0.05, 0) is 17.7 Å². The Morgan fingerprint density at radius 3 is 3.07 bits per heavy atom. The minimum atomic E-state index is -0.0117. The van der Waals surface area contributed by atoms with Gasteiger partial charge in [0.05, 0.1) is 37.3 Å². The third-order valence-corrected chi connectivity index (χ3v) is 4.19. The van der Waals surface area contributed by atoms with Crippen molar-refractivity contribution in [3.63, 3.8) is 0 Å². The van der Waals surface area contributed by atoms with Gasteiger partial charge in [-0.15, -0.1) is 0 Å². The summed E-state index contributed by atoms with van der Waals surface area (Å²) >= 11 is 0. The molecule has 0 amide bonds. The second-order valence-corrected chi connectivity index (χ2v) is 6.35. The van der Waals surface area contributed by atoms with E-state index in [9.17, 15) is 0 Å². The second-order valence-electron chi connectivity index (χ2n) is 6.35. The highest BCUT2D eigenvalue weighted by molar-refractivity contribution is 5.75. The summed E-state index contributed by atoms with van der Waals surface area (Å²) in [4.78, 5) is 8.99. The first kappa shape index (κ1) is 17.2. The number of benzene rings is 1. The van der Waals surface area contributed by atoms with Gasteiger partial charge in [-0.2, -0.15) is 15.2 Å². The Bertz CT molecular complexity index is 956. The fourth-order valence-corrected chi connectivity index (χ4v) is 2.94. The van der Waals surface area contributed by atoms with Gasteiger partial charge in [0.2, 0.25) is 5.95 Å². The van der Waals surface area contributed by atoms with Crippen LogP contribution in [0.15, 0.2) is 41.8 Å². The van der Waals surface area contributed by atoms with Crippen molar-refractivity contribution in [2.75, 3.05) is 32.1 Å². The molecule has 1 aliphatic rings. The van der Waals surface area contributed by atoms with Crippen LogP contribution >= 0.6 is 0 Å². The lowest BCUT2D eigenvalue weighted by molar-refractivity contribution is 0.201. The first-order valence-corrected chi connectivity index (χ1v) is 8.74. The van der Waals surface area contributed by atoms with E-state index in [0.717, 1.165) is 28.9 Å². The van der Waals surface area contributed by atoms with Gasteiger partial charge < -0.3 is 15.2 Å². The zero-order valence-electron chi connectivity index (χ0n) is 15.0. The Balaban J connectivity index is 1.53. The minimum absolute atomic E-state index is 0.0117. The summed E-state index contributed by atoms with van der Waals surface area (Å²) in [6, 6.07) is 7.82. The number of aromatic nitrogens is 4. The maximum atomic E-state index is 8.90. The Morgan fingerprint density at radius 1 is 1.33 bits per heavy atom. The number of fused-ring (bicyclic) bond motifs is 1. The number of nitrogens with one attached hydrogen (secondary N) is 1. The normalized spacial score (nSPS) is 16.2. The van der Waals surface area contributed by atoms with Crippen LogP contribution in [0.2, 0.25) is 0 Å². The van der Waals surface area contributed by atoms with Crippen molar-refractivity contribution in [3.8, 4) is 5.75 Å². The zero-order valence-corrected chi connectivity index (χ0v) is 15.0. The molecule has 0 saturated heterocycles. The number of nitrogens with zero attached hydrogens (tertiary/aromatic N) is 6. The number of rotatable bonds is 7. The Morgan fingerprint density at radius 2 is 2.26 bits per heavy atom. The molecule has 140 valence electrons. The van der Waals surface area contributed by atoms with Gasteiger partial charge in [-0.1, -0.05) is 12.1 Å². The summed E-state index contributed by atoms with van der Waals surface area (Å²) in [5.41, 5.74) is 1.80. The molecule has 9 heteroatoms. The average molecular weight is 367 g/mol. The zero-order chi connectivity index (χ0) is 18.6. The molecule has 0 fully saturated rings. The largest absolute Gasteiger partial charge is 0.491 e. The van der Waals surface area contributed by atoms with Gasteiger partial charge in [0.15, 0.2) is 5.65 Å². The van der Waals surface area contributed by atoms with E-state index in [1.54, 1.807) is 12.4 Å². The highest BCUT2D eigenvalue weighted by Crippen LogP contribution is 2.18. The maximum Gasteiger partial charge on any atom is 0.225 e. The van der Waals surface area contributed by atoms with E-state index in [2.05, 4.69) is 25.5 Å². The fourth-order valence-electron chi connectivity index (χ4n) is 2.94. The van der Waals surface area contributed by atoms with E-state index in [1.165, 1.54) is 0 Å². The number of hydrazone groups is 1. The van der Waals surface area contributed by atoms with Crippen LogP contribution in [-0.2, 0) is 6.54 Å². The van der Waals surface area contributed by atoms with Crippen LogP contribution in [0.3, 0.4) is 0 Å². The molecular weight excluding hydrogens is 346 g/mol. The van der Waals surface area contributed by atoms with E-state index in [1.807, 2.05) is 47.2 Å². The molecule has 1 unspecified atom stereocenters. The predicted octanol–water partition coefficient (Wildman–Crippen LogP) is 0.957. The summed E-state index contributed by atoms with van der Waals surface area (Å²) < 4.78 is 7.31. The standard InChI is InChI=1S/C18H21N7O2/c1-24-12-15(10-20-24)22-18-19-8-14-9-21-25(17(14)23-18)11-13-3-2-4-16(7-13)27-6-5-26/h2-4,7-10,15,26H,5-6,11-12H2,1H3,(H,19,22,23). The molecule has 1 aliphatic heterocycles. The Kier molecular flexibility index (Phi) is 4.84. The molecule has 0 spiro atoms. The Hall–Kier alpha value is -3.20. The average Bonchev–Trinajstić information content (AvgIpc) is 3.26. The molecule has 27 heavy (non-hydrogen) atoms. The summed E-state index contributed by atoms with van der Waals surface area (Å²) in [6.45, 7) is 1.60. The minimum Gasteiger partial charge on any atom is -0.491 e.